The number of aromatic nitrogens is 3. The second-order valence-corrected chi connectivity index (χ2v) is 9.40. The minimum atomic E-state index is -3.96. The van der Waals surface area contributed by atoms with Gasteiger partial charge in [-0.1, -0.05) is 11.6 Å². The Kier molecular flexibility index (Phi) is 7.38. The van der Waals surface area contributed by atoms with Gasteiger partial charge in [0.25, 0.3) is 6.47 Å². The number of thiazole rings is 1. The number of hydrogen-bond donors (Lipinski definition) is 3. The molecule has 0 saturated heterocycles. The topological polar surface area (TPSA) is 125 Å². The zero-order chi connectivity index (χ0) is 23.3. The van der Waals surface area contributed by atoms with Gasteiger partial charge in [-0.05, 0) is 24.3 Å². The number of carboxylic acid groups (broad SMARTS) is 1. The van der Waals surface area contributed by atoms with Crippen LogP contribution in [0, 0.1) is 11.6 Å². The molecule has 4 rings (SSSR count). The van der Waals surface area contributed by atoms with Crippen LogP contribution in [0.5, 0.6) is 0 Å². The van der Waals surface area contributed by atoms with Crippen LogP contribution in [0.4, 0.5) is 14.5 Å². The van der Waals surface area contributed by atoms with Crippen LogP contribution in [0.1, 0.15) is 11.3 Å². The normalized spacial score (nSPS) is 11.1. The summed E-state index contributed by atoms with van der Waals surface area (Å²) in [6.45, 7) is -0.255. The molecule has 2 heterocycles. The predicted molar refractivity (Wildman–Crippen MR) is 116 cm³/mol. The molecule has 0 aliphatic rings. The van der Waals surface area contributed by atoms with Crippen LogP contribution in [-0.4, -0.2) is 35.2 Å². The average Bonchev–Trinajstić information content (AvgIpc) is 3.41. The van der Waals surface area contributed by atoms with Gasteiger partial charge in [0.1, 0.15) is 16.5 Å². The molecule has 0 spiro atoms. The maximum Gasteiger partial charge on any atom is 0.290 e. The van der Waals surface area contributed by atoms with E-state index in [-0.39, 0.29) is 23.7 Å². The van der Waals surface area contributed by atoms with E-state index in [0.29, 0.717) is 16.8 Å². The molecule has 0 amide bonds. The Morgan fingerprint density at radius 2 is 2.00 bits per heavy atom. The molecule has 0 fully saturated rings. The summed E-state index contributed by atoms with van der Waals surface area (Å²) in [5.74, 6) is -1.84. The Morgan fingerprint density at radius 1 is 1.25 bits per heavy atom. The molecule has 0 aliphatic heterocycles. The zero-order valence-electron chi connectivity index (χ0n) is 16.0. The molecule has 0 saturated carbocycles. The van der Waals surface area contributed by atoms with E-state index in [2.05, 4.69) is 20.5 Å². The maximum absolute atomic E-state index is 14.6. The lowest BCUT2D eigenvalue weighted by atomic mass is 10.1. The molecule has 0 bridgehead atoms. The first-order valence-electron chi connectivity index (χ1n) is 8.78. The third-order valence-corrected chi connectivity index (χ3v) is 6.91. The van der Waals surface area contributed by atoms with E-state index in [0.717, 1.165) is 17.5 Å². The first-order valence-corrected chi connectivity index (χ1v) is 11.7. The van der Waals surface area contributed by atoms with Crippen LogP contribution in [0.15, 0.2) is 46.2 Å². The number of nitrogens with one attached hydrogen (secondary N) is 2. The van der Waals surface area contributed by atoms with Gasteiger partial charge < -0.3 is 10.4 Å². The van der Waals surface area contributed by atoms with Crippen LogP contribution in [0.3, 0.4) is 0 Å². The van der Waals surface area contributed by atoms with Gasteiger partial charge >= 0.3 is 0 Å². The van der Waals surface area contributed by atoms with Gasteiger partial charge in [0.2, 0.25) is 0 Å². The Hall–Kier alpha value is -3.09. The van der Waals surface area contributed by atoms with E-state index in [9.17, 15) is 17.2 Å². The van der Waals surface area contributed by atoms with Crippen molar-refractivity contribution in [3.63, 3.8) is 0 Å². The molecule has 0 aliphatic carbocycles. The van der Waals surface area contributed by atoms with E-state index in [4.69, 9.17) is 21.5 Å². The second-order valence-electron chi connectivity index (χ2n) is 6.32. The van der Waals surface area contributed by atoms with Crippen molar-refractivity contribution in [2.24, 2.45) is 0 Å². The summed E-state index contributed by atoms with van der Waals surface area (Å²) in [5, 5.41) is 18.6. The molecule has 0 atom stereocenters. The van der Waals surface area contributed by atoms with E-state index < -0.39 is 32.1 Å². The molecular formula is C19H15ClF2N4O4S2. The summed E-state index contributed by atoms with van der Waals surface area (Å²) < 4.78 is 53.8. The fraction of sp³-hybridized carbons (Fsp3) is 0.105. The minimum Gasteiger partial charge on any atom is -0.483 e. The Labute approximate surface area is 189 Å². The third-order valence-electron chi connectivity index (χ3n) is 4.30. The molecule has 13 heteroatoms. The number of benzene rings is 2. The Balaban J connectivity index is 0.000000913. The highest BCUT2D eigenvalue weighted by molar-refractivity contribution is 7.90. The van der Waals surface area contributed by atoms with E-state index in [1.54, 1.807) is 17.6 Å². The van der Waals surface area contributed by atoms with Gasteiger partial charge in [-0.3, -0.25) is 9.89 Å². The number of halogens is 3. The number of sulfone groups is 1. The van der Waals surface area contributed by atoms with E-state index in [1.165, 1.54) is 22.9 Å². The Morgan fingerprint density at radius 3 is 2.69 bits per heavy atom. The molecule has 2 aromatic heterocycles. The van der Waals surface area contributed by atoms with E-state index >= 15 is 0 Å². The number of H-pyrrole nitrogens is 1. The molecule has 2 aromatic carbocycles. The van der Waals surface area contributed by atoms with Gasteiger partial charge in [0.15, 0.2) is 9.84 Å². The highest BCUT2D eigenvalue weighted by atomic mass is 35.5. The highest BCUT2D eigenvalue weighted by Crippen LogP contribution is 2.31. The second kappa shape index (κ2) is 10.0. The quantitative estimate of drug-likeness (QED) is 0.338. The van der Waals surface area contributed by atoms with Crippen molar-refractivity contribution in [2.45, 2.75) is 17.2 Å². The number of nitrogens with zero attached hydrogens (tertiary/aromatic N) is 2. The fourth-order valence-corrected chi connectivity index (χ4v) is 5.20. The first-order chi connectivity index (χ1) is 15.3. The smallest absolute Gasteiger partial charge is 0.290 e. The van der Waals surface area contributed by atoms with Gasteiger partial charge in [0, 0.05) is 22.9 Å². The molecular weight excluding hydrogens is 486 g/mol. The molecule has 0 radical (unpaired) electrons. The van der Waals surface area contributed by atoms with Gasteiger partial charge in [0.05, 0.1) is 39.4 Å². The van der Waals surface area contributed by atoms with Crippen molar-refractivity contribution >= 4 is 55.8 Å². The molecule has 3 N–H and O–H groups in total. The lowest BCUT2D eigenvalue weighted by Crippen LogP contribution is -2.09. The zero-order valence-corrected chi connectivity index (χ0v) is 18.4. The largest absolute Gasteiger partial charge is 0.483 e. The lowest BCUT2D eigenvalue weighted by molar-refractivity contribution is -0.122. The monoisotopic (exact) mass is 500 g/mol. The van der Waals surface area contributed by atoms with Gasteiger partial charge in [-0.25, -0.2) is 22.2 Å². The standard InChI is InChI=1S/C18H13ClF2N4O2S2.CH2O2/c19-13-3-17(29(26,27)8-11-7-28-9-23-11)15(21)4-16(13)22-6-12-14(20)2-1-10-5-24-25-18(10)12;2-1-3/h1-5,7,9,22H,6,8H2,(H,24,25);1H,(H,2,3). The van der Waals surface area contributed by atoms with Crippen molar-refractivity contribution in [3.8, 4) is 0 Å². The number of aromatic amines is 1. The number of carbonyl (C=O) groups is 1. The number of rotatable bonds is 6. The molecule has 8 nitrogen and oxygen atoms in total. The lowest BCUT2D eigenvalue weighted by Gasteiger charge is -2.12. The van der Waals surface area contributed by atoms with Crippen LogP contribution in [-0.2, 0) is 26.9 Å². The van der Waals surface area contributed by atoms with Crippen molar-refractivity contribution in [2.75, 3.05) is 5.32 Å². The van der Waals surface area contributed by atoms with Crippen molar-refractivity contribution in [1.82, 2.24) is 15.2 Å². The highest BCUT2D eigenvalue weighted by Gasteiger charge is 2.23. The summed E-state index contributed by atoms with van der Waals surface area (Å²) in [4.78, 5) is 11.8. The average molecular weight is 501 g/mol. The molecule has 168 valence electrons. The Bertz CT molecular complexity index is 1350. The summed E-state index contributed by atoms with van der Waals surface area (Å²) in [6, 6.07) is 4.94. The number of anilines is 1. The summed E-state index contributed by atoms with van der Waals surface area (Å²) >= 11 is 7.42. The van der Waals surface area contributed by atoms with E-state index in [1.807, 2.05) is 0 Å². The predicted octanol–water partition coefficient (Wildman–Crippen LogP) is 4.24. The SMILES string of the molecule is O=CO.O=S(=O)(Cc1cscn1)c1cc(Cl)c(NCc2c(F)ccc3cn[nH]c23)cc1F. The van der Waals surface area contributed by atoms with Crippen LogP contribution in [0.25, 0.3) is 10.9 Å². The maximum atomic E-state index is 14.6. The van der Waals surface area contributed by atoms with Crippen LogP contribution < -0.4 is 5.32 Å². The summed E-state index contributed by atoms with van der Waals surface area (Å²) in [6.07, 6.45) is 1.56. The number of hydrogen-bond acceptors (Lipinski definition) is 7. The fourth-order valence-electron chi connectivity index (χ4n) is 2.89. The third kappa shape index (κ3) is 5.21. The molecule has 0 unspecified atom stereocenters. The van der Waals surface area contributed by atoms with Crippen molar-refractivity contribution in [1.29, 1.82) is 0 Å². The van der Waals surface area contributed by atoms with Gasteiger partial charge in [-0.15, -0.1) is 11.3 Å². The van der Waals surface area contributed by atoms with Crippen LogP contribution in [0.2, 0.25) is 5.02 Å². The van der Waals surface area contributed by atoms with Crippen molar-refractivity contribution in [3.05, 3.63) is 69.3 Å². The van der Waals surface area contributed by atoms with Gasteiger partial charge in [-0.2, -0.15) is 5.10 Å². The number of fused-ring (bicyclic) bond motifs is 1. The summed E-state index contributed by atoms with van der Waals surface area (Å²) in [5.41, 5.74) is 2.79. The summed E-state index contributed by atoms with van der Waals surface area (Å²) in [7, 11) is -3.96. The van der Waals surface area contributed by atoms with Crippen molar-refractivity contribution < 1.29 is 27.1 Å². The molecule has 4 aromatic rings. The van der Waals surface area contributed by atoms with Crippen LogP contribution >= 0.6 is 22.9 Å². The molecule has 32 heavy (non-hydrogen) atoms. The minimum absolute atomic E-state index is 0.000414. The first kappa shape index (κ1) is 23.6.